The molecule has 5 nitrogen and oxygen atoms in total. The lowest BCUT2D eigenvalue weighted by Crippen LogP contribution is -2.35. The number of alkyl halides is 1. The molecule has 80 valence electrons. The SMILES string of the molecule is COCC(CNS(=O)(=O)CCl)OC. The molecule has 0 saturated heterocycles. The lowest BCUT2D eigenvalue weighted by molar-refractivity contribution is 0.0320. The Morgan fingerprint density at radius 2 is 2.08 bits per heavy atom. The van der Waals surface area contributed by atoms with E-state index in [9.17, 15) is 8.42 Å². The summed E-state index contributed by atoms with van der Waals surface area (Å²) in [5.74, 6) is 0. The van der Waals surface area contributed by atoms with Crippen molar-refractivity contribution in [2.75, 3.05) is 32.6 Å². The lowest BCUT2D eigenvalue weighted by Gasteiger charge is -2.14. The van der Waals surface area contributed by atoms with Gasteiger partial charge in [0, 0.05) is 20.8 Å². The van der Waals surface area contributed by atoms with Crippen LogP contribution in [0.4, 0.5) is 0 Å². The van der Waals surface area contributed by atoms with E-state index in [0.717, 1.165) is 0 Å². The Balaban J connectivity index is 3.84. The van der Waals surface area contributed by atoms with Crippen LogP contribution < -0.4 is 4.72 Å². The van der Waals surface area contributed by atoms with Gasteiger partial charge in [0.25, 0.3) is 0 Å². The minimum Gasteiger partial charge on any atom is -0.382 e. The van der Waals surface area contributed by atoms with Gasteiger partial charge in [-0.25, -0.2) is 13.1 Å². The van der Waals surface area contributed by atoms with Crippen LogP contribution in [0.3, 0.4) is 0 Å². The summed E-state index contributed by atoms with van der Waals surface area (Å²) in [6.07, 6.45) is -0.289. The maximum Gasteiger partial charge on any atom is 0.225 e. The average molecular weight is 232 g/mol. The van der Waals surface area contributed by atoms with Crippen LogP contribution in [0.5, 0.6) is 0 Å². The summed E-state index contributed by atoms with van der Waals surface area (Å²) in [7, 11) is -0.362. The first-order chi connectivity index (χ1) is 6.05. The molecule has 7 heteroatoms. The molecule has 0 aromatic heterocycles. The molecule has 0 saturated carbocycles. The van der Waals surface area contributed by atoms with Gasteiger partial charge in [-0.1, -0.05) is 0 Å². The van der Waals surface area contributed by atoms with Crippen LogP contribution in [-0.4, -0.2) is 47.1 Å². The molecule has 0 aliphatic carbocycles. The van der Waals surface area contributed by atoms with E-state index < -0.39 is 15.2 Å². The molecule has 0 amide bonds. The zero-order valence-corrected chi connectivity index (χ0v) is 9.19. The second kappa shape index (κ2) is 6.56. The van der Waals surface area contributed by atoms with E-state index in [1.807, 2.05) is 0 Å². The fraction of sp³-hybridized carbons (Fsp3) is 1.00. The van der Waals surface area contributed by atoms with Gasteiger partial charge in [0.05, 0.1) is 12.7 Å². The zero-order valence-electron chi connectivity index (χ0n) is 7.62. The maximum absolute atomic E-state index is 10.9. The molecule has 0 aliphatic heterocycles. The molecule has 1 atom stereocenters. The molecule has 0 bridgehead atoms. The van der Waals surface area contributed by atoms with E-state index in [1.54, 1.807) is 0 Å². The molecule has 0 rings (SSSR count). The number of halogens is 1. The molecule has 0 spiro atoms. The van der Waals surface area contributed by atoms with Gasteiger partial charge < -0.3 is 9.47 Å². The monoisotopic (exact) mass is 231 g/mol. The number of methoxy groups -OCH3 is 2. The van der Waals surface area contributed by atoms with Crippen LogP contribution in [0, 0.1) is 0 Å². The molecule has 0 radical (unpaired) electrons. The van der Waals surface area contributed by atoms with E-state index >= 15 is 0 Å². The van der Waals surface area contributed by atoms with E-state index in [2.05, 4.69) is 4.72 Å². The fourth-order valence-corrected chi connectivity index (χ4v) is 1.40. The summed E-state index contributed by atoms with van der Waals surface area (Å²) >= 11 is 5.17. The molecule has 13 heavy (non-hydrogen) atoms. The number of hydrogen-bond acceptors (Lipinski definition) is 4. The lowest BCUT2D eigenvalue weighted by atomic mass is 10.4. The van der Waals surface area contributed by atoms with Crippen molar-refractivity contribution in [1.82, 2.24) is 4.72 Å². The van der Waals surface area contributed by atoms with Crippen LogP contribution in [0.1, 0.15) is 0 Å². The van der Waals surface area contributed by atoms with Gasteiger partial charge in [0.2, 0.25) is 10.0 Å². The van der Waals surface area contributed by atoms with Crippen molar-refractivity contribution in [3.63, 3.8) is 0 Å². The second-order valence-corrected chi connectivity index (χ2v) is 4.78. The normalized spacial score (nSPS) is 14.4. The second-order valence-electron chi connectivity index (χ2n) is 2.39. The summed E-state index contributed by atoms with van der Waals surface area (Å²) in [4.78, 5) is 0. The smallest absolute Gasteiger partial charge is 0.225 e. The highest BCUT2D eigenvalue weighted by Gasteiger charge is 2.12. The Hall–Kier alpha value is 0.120. The van der Waals surface area contributed by atoms with Crippen molar-refractivity contribution in [3.8, 4) is 0 Å². The first-order valence-corrected chi connectivity index (χ1v) is 5.79. The average Bonchev–Trinajstić information content (AvgIpc) is 2.12. The van der Waals surface area contributed by atoms with Crippen molar-refractivity contribution in [2.24, 2.45) is 0 Å². The van der Waals surface area contributed by atoms with Crippen molar-refractivity contribution in [2.45, 2.75) is 6.10 Å². The van der Waals surface area contributed by atoms with Gasteiger partial charge in [-0.15, -0.1) is 11.6 Å². The fourth-order valence-electron chi connectivity index (χ4n) is 0.655. The molecule has 0 heterocycles. The van der Waals surface area contributed by atoms with Crippen LogP contribution >= 0.6 is 11.6 Å². The predicted molar refractivity (Wildman–Crippen MR) is 50.3 cm³/mol. The standard InChI is InChI=1S/C6H14ClNO4S/c1-11-4-6(12-2)3-8-13(9,10)5-7/h6,8H,3-5H2,1-2H3. The molecule has 0 aromatic rings. The predicted octanol–water partition coefficient (Wildman–Crippen LogP) is -0.236. The molecule has 1 N–H and O–H groups in total. The first kappa shape index (κ1) is 13.1. The third-order valence-corrected chi connectivity index (χ3v) is 3.12. The Kier molecular flexibility index (Phi) is 6.62. The number of sulfonamides is 1. The van der Waals surface area contributed by atoms with Gasteiger partial charge in [0.1, 0.15) is 5.21 Å². The summed E-state index contributed by atoms with van der Waals surface area (Å²) in [5.41, 5.74) is 0. The molecule has 0 aromatic carbocycles. The maximum atomic E-state index is 10.9. The summed E-state index contributed by atoms with van der Waals surface area (Å²) in [5, 5.41) is -0.448. The van der Waals surface area contributed by atoms with E-state index in [0.29, 0.717) is 6.61 Å². The van der Waals surface area contributed by atoms with E-state index in [-0.39, 0.29) is 12.6 Å². The van der Waals surface area contributed by atoms with Gasteiger partial charge in [-0.2, -0.15) is 0 Å². The van der Waals surface area contributed by atoms with Crippen molar-refractivity contribution in [3.05, 3.63) is 0 Å². The van der Waals surface area contributed by atoms with Crippen molar-refractivity contribution >= 4 is 21.6 Å². The minimum atomic E-state index is -3.36. The summed E-state index contributed by atoms with van der Waals surface area (Å²) in [6, 6.07) is 0. The van der Waals surface area contributed by atoms with Crippen molar-refractivity contribution < 1.29 is 17.9 Å². The Bertz CT molecular complexity index is 219. The number of hydrogen-bond donors (Lipinski definition) is 1. The number of rotatable bonds is 7. The summed E-state index contributed by atoms with van der Waals surface area (Å²) in [6.45, 7) is 0.501. The minimum absolute atomic E-state index is 0.166. The van der Waals surface area contributed by atoms with Gasteiger partial charge in [-0.05, 0) is 0 Å². The van der Waals surface area contributed by atoms with E-state index in [4.69, 9.17) is 21.1 Å². The Morgan fingerprint density at radius 3 is 2.46 bits per heavy atom. The van der Waals surface area contributed by atoms with Gasteiger partial charge >= 0.3 is 0 Å². The van der Waals surface area contributed by atoms with Crippen LogP contribution in [0.25, 0.3) is 0 Å². The Morgan fingerprint density at radius 1 is 1.46 bits per heavy atom. The highest BCUT2D eigenvalue weighted by Crippen LogP contribution is 1.92. The molecule has 0 fully saturated rings. The van der Waals surface area contributed by atoms with Gasteiger partial charge in [-0.3, -0.25) is 0 Å². The quantitative estimate of drug-likeness (QED) is 0.615. The molecule has 1 unspecified atom stereocenters. The highest BCUT2D eigenvalue weighted by atomic mass is 35.5. The third kappa shape index (κ3) is 6.23. The van der Waals surface area contributed by atoms with Crippen molar-refractivity contribution in [1.29, 1.82) is 0 Å². The highest BCUT2D eigenvalue weighted by molar-refractivity contribution is 7.90. The number of nitrogens with one attached hydrogen (secondary N) is 1. The largest absolute Gasteiger partial charge is 0.382 e. The molecular weight excluding hydrogens is 218 g/mol. The topological polar surface area (TPSA) is 64.6 Å². The molecule has 0 aliphatic rings. The van der Waals surface area contributed by atoms with Gasteiger partial charge in [0.15, 0.2) is 0 Å². The first-order valence-electron chi connectivity index (χ1n) is 3.60. The van der Waals surface area contributed by atoms with Crippen LogP contribution in [0.2, 0.25) is 0 Å². The number of ether oxygens (including phenoxy) is 2. The Labute approximate surface area is 83.4 Å². The van der Waals surface area contributed by atoms with Crippen LogP contribution in [0.15, 0.2) is 0 Å². The zero-order chi connectivity index (χ0) is 10.3. The van der Waals surface area contributed by atoms with Crippen LogP contribution in [-0.2, 0) is 19.5 Å². The third-order valence-electron chi connectivity index (χ3n) is 1.36. The van der Waals surface area contributed by atoms with E-state index in [1.165, 1.54) is 14.2 Å². The summed E-state index contributed by atoms with van der Waals surface area (Å²) < 4.78 is 33.8. The molecular formula is C6H14ClNO4S.